The van der Waals surface area contributed by atoms with Gasteiger partial charge in [0.05, 0.1) is 11.5 Å². The number of nitrogens with zero attached hydrogens (tertiary/aromatic N) is 3. The van der Waals surface area contributed by atoms with Gasteiger partial charge in [0.25, 0.3) is 0 Å². The summed E-state index contributed by atoms with van der Waals surface area (Å²) >= 11 is 0. The van der Waals surface area contributed by atoms with Gasteiger partial charge in [0.1, 0.15) is 12.4 Å². The predicted molar refractivity (Wildman–Crippen MR) is 63.9 cm³/mol. The second-order valence-electron chi connectivity index (χ2n) is 4.15. The molecular weight excluding hydrogens is 218 g/mol. The maximum absolute atomic E-state index is 10.5. The van der Waals surface area contributed by atoms with Crippen molar-refractivity contribution in [1.29, 1.82) is 0 Å². The molecule has 0 bridgehead atoms. The molecule has 0 saturated heterocycles. The zero-order valence-corrected chi connectivity index (χ0v) is 9.75. The predicted octanol–water partition coefficient (Wildman–Crippen LogP) is 2.46. The smallest absolute Gasteiger partial charge is 0.261 e. The molecule has 17 heavy (non-hydrogen) atoms. The van der Waals surface area contributed by atoms with Crippen molar-refractivity contribution in [3.05, 3.63) is 57.4 Å². The molecule has 0 fully saturated rings. The van der Waals surface area contributed by atoms with E-state index in [4.69, 9.17) is 0 Å². The highest BCUT2D eigenvalue weighted by Gasteiger charge is 2.08. The maximum Gasteiger partial charge on any atom is 0.307 e. The number of aromatic nitrogens is 2. The molecular formula is C12H13N3O2. The summed E-state index contributed by atoms with van der Waals surface area (Å²) in [5.41, 5.74) is 3.48. The Morgan fingerprint density at radius 1 is 1.29 bits per heavy atom. The summed E-state index contributed by atoms with van der Waals surface area (Å²) in [7, 11) is 0. The lowest BCUT2D eigenvalue weighted by Gasteiger charge is -2.04. The van der Waals surface area contributed by atoms with Crippen molar-refractivity contribution in [2.45, 2.75) is 20.4 Å². The summed E-state index contributed by atoms with van der Waals surface area (Å²) in [5, 5.41) is 14.5. The van der Waals surface area contributed by atoms with Gasteiger partial charge in [-0.25, -0.2) is 0 Å². The average Bonchev–Trinajstić information content (AvgIpc) is 2.64. The van der Waals surface area contributed by atoms with Crippen molar-refractivity contribution in [2.24, 2.45) is 0 Å². The minimum atomic E-state index is -0.439. The van der Waals surface area contributed by atoms with Crippen LogP contribution in [0, 0.1) is 24.0 Å². The Morgan fingerprint density at radius 3 is 2.47 bits per heavy atom. The standard InChI is InChI=1S/C12H13N3O2/c1-9-3-10(2)5-11(4-9)7-14-8-12(6-13-14)15(16)17/h3-6,8H,7H2,1-2H3. The third-order valence-corrected chi connectivity index (χ3v) is 2.46. The van der Waals surface area contributed by atoms with E-state index in [1.54, 1.807) is 4.68 Å². The summed E-state index contributed by atoms with van der Waals surface area (Å²) in [6, 6.07) is 6.20. The molecule has 5 heteroatoms. The molecule has 0 aliphatic rings. The summed E-state index contributed by atoms with van der Waals surface area (Å²) < 4.78 is 1.58. The van der Waals surface area contributed by atoms with Gasteiger partial charge >= 0.3 is 5.69 Å². The van der Waals surface area contributed by atoms with E-state index in [1.807, 2.05) is 13.8 Å². The van der Waals surface area contributed by atoms with Crippen molar-refractivity contribution >= 4 is 5.69 Å². The van der Waals surface area contributed by atoms with Gasteiger partial charge in [-0.05, 0) is 19.4 Å². The molecule has 0 spiro atoms. The lowest BCUT2D eigenvalue weighted by atomic mass is 10.1. The van der Waals surface area contributed by atoms with Crippen LogP contribution in [0.4, 0.5) is 5.69 Å². The molecule has 0 aliphatic carbocycles. The molecule has 0 saturated carbocycles. The van der Waals surface area contributed by atoms with E-state index >= 15 is 0 Å². The second-order valence-corrected chi connectivity index (χ2v) is 4.15. The highest BCUT2D eigenvalue weighted by Crippen LogP contribution is 2.12. The molecule has 2 rings (SSSR count). The third-order valence-electron chi connectivity index (χ3n) is 2.46. The fourth-order valence-corrected chi connectivity index (χ4v) is 1.88. The Bertz CT molecular complexity index is 540. The van der Waals surface area contributed by atoms with Gasteiger partial charge in [-0.15, -0.1) is 0 Å². The zero-order chi connectivity index (χ0) is 12.4. The average molecular weight is 231 g/mol. The van der Waals surface area contributed by atoms with Crippen molar-refractivity contribution in [3.8, 4) is 0 Å². The number of hydrogen-bond donors (Lipinski definition) is 0. The Balaban J connectivity index is 2.22. The quantitative estimate of drug-likeness (QED) is 0.602. The Labute approximate surface area is 98.8 Å². The summed E-state index contributed by atoms with van der Waals surface area (Å²) in [4.78, 5) is 10.1. The summed E-state index contributed by atoms with van der Waals surface area (Å²) in [6.07, 6.45) is 2.71. The van der Waals surface area contributed by atoms with E-state index in [0.717, 1.165) is 5.56 Å². The highest BCUT2D eigenvalue weighted by molar-refractivity contribution is 5.29. The van der Waals surface area contributed by atoms with Crippen LogP contribution in [-0.4, -0.2) is 14.7 Å². The van der Waals surface area contributed by atoms with Crippen LogP contribution in [0.3, 0.4) is 0 Å². The zero-order valence-electron chi connectivity index (χ0n) is 9.75. The van der Waals surface area contributed by atoms with Crippen molar-refractivity contribution in [3.63, 3.8) is 0 Å². The SMILES string of the molecule is Cc1cc(C)cc(Cn2cc([N+](=O)[O-])cn2)c1. The van der Waals surface area contributed by atoms with E-state index < -0.39 is 4.92 Å². The first-order valence-electron chi connectivity index (χ1n) is 5.28. The van der Waals surface area contributed by atoms with Crippen LogP contribution in [0.5, 0.6) is 0 Å². The molecule has 1 aromatic carbocycles. The fraction of sp³-hybridized carbons (Fsp3) is 0.250. The minimum absolute atomic E-state index is 0.0226. The molecule has 5 nitrogen and oxygen atoms in total. The number of aryl methyl sites for hydroxylation is 2. The maximum atomic E-state index is 10.5. The van der Waals surface area contributed by atoms with Crippen LogP contribution in [0.15, 0.2) is 30.6 Å². The Morgan fingerprint density at radius 2 is 1.94 bits per heavy atom. The van der Waals surface area contributed by atoms with Crippen molar-refractivity contribution in [1.82, 2.24) is 9.78 Å². The van der Waals surface area contributed by atoms with Gasteiger partial charge in [0, 0.05) is 0 Å². The van der Waals surface area contributed by atoms with E-state index in [9.17, 15) is 10.1 Å². The van der Waals surface area contributed by atoms with Crippen molar-refractivity contribution in [2.75, 3.05) is 0 Å². The molecule has 0 aliphatic heterocycles. The molecule has 1 aromatic heterocycles. The molecule has 0 N–H and O–H groups in total. The number of benzene rings is 1. The second kappa shape index (κ2) is 4.37. The monoisotopic (exact) mass is 231 g/mol. The van der Waals surface area contributed by atoms with Crippen LogP contribution in [0.1, 0.15) is 16.7 Å². The summed E-state index contributed by atoms with van der Waals surface area (Å²) in [5.74, 6) is 0. The number of rotatable bonds is 3. The Kier molecular flexibility index (Phi) is 2.91. The van der Waals surface area contributed by atoms with Gasteiger partial charge in [-0.3, -0.25) is 14.8 Å². The van der Waals surface area contributed by atoms with Crippen molar-refractivity contribution < 1.29 is 4.92 Å². The van der Waals surface area contributed by atoms with Gasteiger partial charge in [-0.2, -0.15) is 5.10 Å². The molecule has 2 aromatic rings. The van der Waals surface area contributed by atoms with E-state index in [-0.39, 0.29) is 5.69 Å². The minimum Gasteiger partial charge on any atom is -0.261 e. The molecule has 88 valence electrons. The molecule has 1 heterocycles. The molecule has 0 amide bonds. The molecule has 0 atom stereocenters. The van der Waals surface area contributed by atoms with Gasteiger partial charge in [0.2, 0.25) is 0 Å². The van der Waals surface area contributed by atoms with E-state index in [2.05, 4.69) is 23.3 Å². The molecule has 0 radical (unpaired) electrons. The van der Waals surface area contributed by atoms with E-state index in [1.165, 1.54) is 23.5 Å². The number of hydrogen-bond acceptors (Lipinski definition) is 3. The van der Waals surface area contributed by atoms with Crippen LogP contribution in [0.25, 0.3) is 0 Å². The van der Waals surface area contributed by atoms with Crippen LogP contribution in [-0.2, 0) is 6.54 Å². The van der Waals surface area contributed by atoms with Crippen LogP contribution in [0.2, 0.25) is 0 Å². The largest absolute Gasteiger partial charge is 0.307 e. The molecule has 0 unspecified atom stereocenters. The topological polar surface area (TPSA) is 61.0 Å². The third kappa shape index (κ3) is 2.69. The fourth-order valence-electron chi connectivity index (χ4n) is 1.88. The van der Waals surface area contributed by atoms with Gasteiger partial charge < -0.3 is 0 Å². The first kappa shape index (κ1) is 11.3. The highest BCUT2D eigenvalue weighted by atomic mass is 16.6. The van der Waals surface area contributed by atoms with Gasteiger partial charge in [0.15, 0.2) is 0 Å². The lowest BCUT2D eigenvalue weighted by molar-refractivity contribution is -0.385. The lowest BCUT2D eigenvalue weighted by Crippen LogP contribution is -2.00. The van der Waals surface area contributed by atoms with E-state index in [0.29, 0.717) is 6.54 Å². The summed E-state index contributed by atoms with van der Waals surface area (Å²) in [6.45, 7) is 4.61. The van der Waals surface area contributed by atoms with Gasteiger partial charge in [-0.1, -0.05) is 29.3 Å². The first-order valence-corrected chi connectivity index (χ1v) is 5.28. The number of nitro groups is 1. The Hall–Kier alpha value is -2.17. The van der Waals surface area contributed by atoms with Crippen LogP contribution >= 0.6 is 0 Å². The first-order chi connectivity index (χ1) is 8.04. The normalized spacial score (nSPS) is 10.5. The van der Waals surface area contributed by atoms with Crippen LogP contribution < -0.4 is 0 Å².